The van der Waals surface area contributed by atoms with Gasteiger partial charge in [0.15, 0.2) is 8.32 Å². The third-order valence-electron chi connectivity index (χ3n) is 5.57. The highest BCUT2D eigenvalue weighted by Gasteiger charge is 2.53. The van der Waals surface area contributed by atoms with Crippen LogP contribution in [0.4, 0.5) is 0 Å². The van der Waals surface area contributed by atoms with Crippen LogP contribution in [0.15, 0.2) is 0 Å². The lowest BCUT2D eigenvalue weighted by atomic mass is 9.77. The fraction of sp³-hybridized carbons (Fsp3) is 0.882. The van der Waals surface area contributed by atoms with Crippen LogP contribution in [0.2, 0.25) is 18.1 Å². The largest absolute Gasteiger partial charge is 0.465 e. The number of amides is 1. The van der Waals surface area contributed by atoms with E-state index in [0.29, 0.717) is 6.61 Å². The maximum absolute atomic E-state index is 12.2. The average molecular weight is 358 g/mol. The fourth-order valence-electron chi connectivity index (χ4n) is 2.97. The Morgan fingerprint density at radius 1 is 1.42 bits per heavy atom. The Hall–Kier alpha value is -0.923. The molecule has 0 saturated carbocycles. The minimum atomic E-state index is -1.95. The minimum Gasteiger partial charge on any atom is -0.465 e. The molecule has 2 fully saturated rings. The van der Waals surface area contributed by atoms with Gasteiger partial charge in [0, 0.05) is 12.8 Å². The van der Waals surface area contributed by atoms with E-state index in [4.69, 9.17) is 13.9 Å². The molecule has 2 heterocycles. The monoisotopic (exact) mass is 357 g/mol. The zero-order chi connectivity index (χ0) is 18.3. The van der Waals surface area contributed by atoms with Crippen LogP contribution in [0.3, 0.4) is 0 Å². The highest BCUT2D eigenvalue weighted by atomic mass is 28.4. The van der Waals surface area contributed by atoms with Crippen molar-refractivity contribution in [3.05, 3.63) is 0 Å². The number of ether oxygens (including phenoxy) is 2. The van der Waals surface area contributed by atoms with Crippen LogP contribution in [0, 0.1) is 11.8 Å². The summed E-state index contributed by atoms with van der Waals surface area (Å²) in [6.45, 7) is 15.2. The molecular formula is C17H31NO5Si. The van der Waals surface area contributed by atoms with Gasteiger partial charge in [-0.05, 0) is 25.1 Å². The number of carbonyl (C=O) groups excluding carboxylic acids is 2. The maximum atomic E-state index is 12.2. The smallest absolute Gasteiger partial charge is 0.302 e. The first kappa shape index (κ1) is 19.4. The summed E-state index contributed by atoms with van der Waals surface area (Å²) < 4.78 is 17.0. The van der Waals surface area contributed by atoms with E-state index in [0.717, 1.165) is 0 Å². The summed E-state index contributed by atoms with van der Waals surface area (Å²) in [5.74, 6) is -0.529. The Bertz CT molecular complexity index is 498. The van der Waals surface area contributed by atoms with Gasteiger partial charge in [-0.2, -0.15) is 0 Å². The summed E-state index contributed by atoms with van der Waals surface area (Å²) in [5, 5.41) is 3.06. The molecule has 0 aromatic rings. The molecule has 2 aliphatic rings. The molecule has 0 aliphatic carbocycles. The van der Waals surface area contributed by atoms with Gasteiger partial charge in [-0.25, -0.2) is 0 Å². The third-order valence-corrected chi connectivity index (χ3v) is 10.1. The van der Waals surface area contributed by atoms with E-state index in [2.05, 4.69) is 39.2 Å². The van der Waals surface area contributed by atoms with Crippen molar-refractivity contribution < 1.29 is 23.5 Å². The fourth-order valence-corrected chi connectivity index (χ4v) is 4.40. The van der Waals surface area contributed by atoms with Crippen molar-refractivity contribution in [2.45, 2.75) is 71.0 Å². The Labute approximate surface area is 145 Å². The van der Waals surface area contributed by atoms with Gasteiger partial charge in [-0.3, -0.25) is 9.59 Å². The molecule has 138 valence electrons. The van der Waals surface area contributed by atoms with E-state index >= 15 is 0 Å². The number of hydrogen-bond acceptors (Lipinski definition) is 5. The summed E-state index contributed by atoms with van der Waals surface area (Å²) in [7, 11) is -1.95. The highest BCUT2D eigenvalue weighted by Crippen LogP contribution is 2.40. The minimum absolute atomic E-state index is 0.0120. The van der Waals surface area contributed by atoms with Crippen LogP contribution in [0.1, 0.15) is 34.6 Å². The molecule has 0 aromatic heterocycles. The molecule has 0 radical (unpaired) electrons. The molecule has 1 amide bonds. The number of carbonyl (C=O) groups is 2. The summed E-state index contributed by atoms with van der Waals surface area (Å²) in [6.07, 6.45) is -0.110. The van der Waals surface area contributed by atoms with Crippen molar-refractivity contribution in [3.63, 3.8) is 0 Å². The predicted octanol–water partition coefficient (Wildman–Crippen LogP) is 2.09. The van der Waals surface area contributed by atoms with Crippen molar-refractivity contribution in [3.8, 4) is 0 Å². The quantitative estimate of drug-likeness (QED) is 0.327. The van der Waals surface area contributed by atoms with Gasteiger partial charge in [0.05, 0.1) is 37.4 Å². The predicted molar refractivity (Wildman–Crippen MR) is 93.0 cm³/mol. The van der Waals surface area contributed by atoms with Crippen LogP contribution in [0.5, 0.6) is 0 Å². The van der Waals surface area contributed by atoms with Crippen LogP contribution in [-0.2, 0) is 23.5 Å². The molecule has 0 spiro atoms. The molecule has 0 unspecified atom stereocenters. The van der Waals surface area contributed by atoms with Crippen LogP contribution < -0.4 is 5.32 Å². The summed E-state index contributed by atoms with van der Waals surface area (Å²) in [4.78, 5) is 23.3. The second kappa shape index (κ2) is 6.76. The maximum Gasteiger partial charge on any atom is 0.302 e. The molecular weight excluding hydrogens is 326 g/mol. The van der Waals surface area contributed by atoms with Gasteiger partial charge in [0.1, 0.15) is 0 Å². The number of epoxide rings is 1. The van der Waals surface area contributed by atoms with Gasteiger partial charge < -0.3 is 19.2 Å². The molecule has 2 saturated heterocycles. The van der Waals surface area contributed by atoms with Gasteiger partial charge in [-0.1, -0.05) is 20.8 Å². The first-order valence-corrected chi connectivity index (χ1v) is 11.6. The second-order valence-electron chi connectivity index (χ2n) is 8.48. The van der Waals surface area contributed by atoms with Crippen LogP contribution in [0.25, 0.3) is 0 Å². The average Bonchev–Trinajstić information content (AvgIpc) is 3.19. The van der Waals surface area contributed by atoms with E-state index in [1.54, 1.807) is 0 Å². The van der Waals surface area contributed by atoms with Gasteiger partial charge in [-0.15, -0.1) is 0 Å². The van der Waals surface area contributed by atoms with E-state index in [1.165, 1.54) is 6.92 Å². The number of esters is 1. The first-order chi connectivity index (χ1) is 10.9. The van der Waals surface area contributed by atoms with Crippen molar-refractivity contribution in [1.82, 2.24) is 5.32 Å². The number of hydrogen-bond donors (Lipinski definition) is 1. The SMILES string of the molecule is CC(=O)OC[C@H]([C@H]1NC(=O)[C@@H]1[C@@H](C)O[Si](C)(C)C(C)(C)C)[C@@H]1CO1. The van der Waals surface area contributed by atoms with Gasteiger partial charge >= 0.3 is 5.97 Å². The highest BCUT2D eigenvalue weighted by molar-refractivity contribution is 6.74. The van der Waals surface area contributed by atoms with Gasteiger partial charge in [0.2, 0.25) is 5.91 Å². The molecule has 2 rings (SSSR count). The molecule has 1 N–H and O–H groups in total. The Kier molecular flexibility index (Phi) is 5.47. The standard InChI is InChI=1S/C17H31NO5Si/c1-10(23-24(6,7)17(3,4)5)14-15(18-16(14)20)12(13-9-22-13)8-21-11(2)19/h10,12-15H,8-9H2,1-7H3,(H,18,20)/t10-,12+,13+,14-,15-/m1/s1. The zero-order valence-corrected chi connectivity index (χ0v) is 16.8. The summed E-state index contributed by atoms with van der Waals surface area (Å²) in [5.41, 5.74) is 0. The molecule has 0 aromatic carbocycles. The third kappa shape index (κ3) is 4.18. The molecule has 24 heavy (non-hydrogen) atoms. The molecule has 7 heteroatoms. The number of rotatable bonds is 7. The molecule has 2 aliphatic heterocycles. The van der Waals surface area contributed by atoms with E-state index < -0.39 is 8.32 Å². The van der Waals surface area contributed by atoms with E-state index in [1.807, 2.05) is 6.92 Å². The van der Waals surface area contributed by atoms with Crippen LogP contribution in [-0.4, -0.2) is 51.7 Å². The van der Waals surface area contributed by atoms with Crippen LogP contribution >= 0.6 is 0 Å². The Morgan fingerprint density at radius 2 is 2.00 bits per heavy atom. The lowest BCUT2D eigenvalue weighted by Crippen LogP contribution is -2.67. The van der Waals surface area contributed by atoms with E-state index in [9.17, 15) is 9.59 Å². The van der Waals surface area contributed by atoms with Crippen molar-refractivity contribution >= 4 is 20.2 Å². The molecule has 6 nitrogen and oxygen atoms in total. The van der Waals surface area contributed by atoms with Crippen molar-refractivity contribution in [1.29, 1.82) is 0 Å². The van der Waals surface area contributed by atoms with Crippen molar-refractivity contribution in [2.24, 2.45) is 11.8 Å². The molecule has 5 atom stereocenters. The number of β-lactam (4-membered cyclic amide) rings is 1. The lowest BCUT2D eigenvalue weighted by Gasteiger charge is -2.47. The van der Waals surface area contributed by atoms with E-state index in [-0.39, 0.29) is 53.6 Å². The van der Waals surface area contributed by atoms with Gasteiger partial charge in [0.25, 0.3) is 0 Å². The second-order valence-corrected chi connectivity index (χ2v) is 13.2. The molecule has 0 bridgehead atoms. The Morgan fingerprint density at radius 3 is 2.42 bits per heavy atom. The number of nitrogens with one attached hydrogen (secondary N) is 1. The topological polar surface area (TPSA) is 77.2 Å². The normalized spacial score (nSPS) is 29.3. The van der Waals surface area contributed by atoms with Crippen molar-refractivity contribution in [2.75, 3.05) is 13.2 Å². The Balaban J connectivity index is 2.04. The summed E-state index contributed by atoms with van der Waals surface area (Å²) in [6, 6.07) is -0.0656. The first-order valence-electron chi connectivity index (χ1n) is 8.67. The summed E-state index contributed by atoms with van der Waals surface area (Å²) >= 11 is 0. The lowest BCUT2D eigenvalue weighted by molar-refractivity contribution is -0.148. The zero-order valence-electron chi connectivity index (χ0n) is 15.8.